The van der Waals surface area contributed by atoms with Crippen LogP contribution in [0.2, 0.25) is 5.02 Å². The molecule has 0 N–H and O–H groups in total. The minimum absolute atomic E-state index is 0.246. The lowest BCUT2D eigenvalue weighted by Gasteiger charge is -2.20. The highest BCUT2D eigenvalue weighted by molar-refractivity contribution is 9.10. The fraction of sp³-hybridized carbons (Fsp3) is 0.308. The molecule has 0 spiro atoms. The molecule has 0 unspecified atom stereocenters. The van der Waals surface area contributed by atoms with Gasteiger partial charge in [-0.05, 0) is 34.1 Å². The number of esters is 2. The van der Waals surface area contributed by atoms with E-state index in [2.05, 4.69) is 25.4 Å². The Morgan fingerprint density at radius 3 is 2.10 bits per heavy atom. The summed E-state index contributed by atoms with van der Waals surface area (Å²) >= 11 is 9.14. The van der Waals surface area contributed by atoms with Crippen molar-refractivity contribution in [2.45, 2.75) is 0 Å². The van der Waals surface area contributed by atoms with E-state index in [0.29, 0.717) is 9.50 Å². The Hall–Kier alpha value is -1.60. The molecule has 0 bridgehead atoms. The maximum absolute atomic E-state index is 12.3. The second-order valence-electron chi connectivity index (χ2n) is 3.94. The molecule has 1 aromatic rings. The van der Waals surface area contributed by atoms with Gasteiger partial charge in [0.15, 0.2) is 0 Å². The molecule has 0 fully saturated rings. The van der Waals surface area contributed by atoms with Crippen LogP contribution in [-0.4, -0.2) is 50.1 Å². The van der Waals surface area contributed by atoms with Crippen LogP contribution in [0.15, 0.2) is 22.7 Å². The lowest BCUT2D eigenvalue weighted by molar-refractivity contribution is -0.144. The number of amides is 1. The van der Waals surface area contributed by atoms with E-state index in [1.54, 1.807) is 6.07 Å². The second-order valence-corrected chi connectivity index (χ2v) is 5.20. The molecule has 0 radical (unpaired) electrons. The Balaban J connectivity index is 2.99. The third-order valence-electron chi connectivity index (χ3n) is 2.55. The summed E-state index contributed by atoms with van der Waals surface area (Å²) in [7, 11) is 2.39. The van der Waals surface area contributed by atoms with E-state index in [0.717, 1.165) is 4.90 Å². The quantitative estimate of drug-likeness (QED) is 0.732. The zero-order valence-corrected chi connectivity index (χ0v) is 13.7. The first kappa shape index (κ1) is 17.5. The molecular weight excluding hydrogens is 366 g/mol. The number of nitrogens with zero attached hydrogens (tertiary/aromatic N) is 1. The zero-order chi connectivity index (χ0) is 16.0. The molecule has 0 aliphatic carbocycles. The van der Waals surface area contributed by atoms with Crippen molar-refractivity contribution in [3.05, 3.63) is 33.3 Å². The van der Waals surface area contributed by atoms with Gasteiger partial charge in [-0.1, -0.05) is 11.6 Å². The summed E-state index contributed by atoms with van der Waals surface area (Å²) in [6.45, 7) is -0.726. The Labute approximate surface area is 135 Å². The summed E-state index contributed by atoms with van der Waals surface area (Å²) in [6, 6.07) is 4.57. The number of ether oxygens (including phenoxy) is 2. The number of methoxy groups -OCH3 is 2. The van der Waals surface area contributed by atoms with Crippen LogP contribution in [0.4, 0.5) is 0 Å². The first-order valence-corrected chi connectivity index (χ1v) is 6.94. The molecule has 0 aliphatic rings. The molecule has 0 saturated carbocycles. The van der Waals surface area contributed by atoms with E-state index in [-0.39, 0.29) is 18.7 Å². The highest BCUT2D eigenvalue weighted by Crippen LogP contribution is 2.23. The summed E-state index contributed by atoms with van der Waals surface area (Å²) in [5.74, 6) is -1.81. The van der Waals surface area contributed by atoms with E-state index < -0.39 is 17.8 Å². The predicted octanol–water partition coefficient (Wildman–Crippen LogP) is 1.89. The topological polar surface area (TPSA) is 72.9 Å². The van der Waals surface area contributed by atoms with Gasteiger partial charge in [0.1, 0.15) is 13.1 Å². The van der Waals surface area contributed by atoms with Crippen LogP contribution in [0.1, 0.15) is 10.4 Å². The molecule has 8 heteroatoms. The summed E-state index contributed by atoms with van der Waals surface area (Å²) in [4.78, 5) is 36.1. The van der Waals surface area contributed by atoms with E-state index >= 15 is 0 Å². The number of carbonyl (C=O) groups is 3. The lowest BCUT2D eigenvalue weighted by Crippen LogP contribution is -2.40. The number of rotatable bonds is 5. The van der Waals surface area contributed by atoms with Crippen LogP contribution >= 0.6 is 27.5 Å². The number of carbonyl (C=O) groups excluding carboxylic acids is 3. The van der Waals surface area contributed by atoms with Crippen molar-refractivity contribution in [3.63, 3.8) is 0 Å². The van der Waals surface area contributed by atoms with E-state index in [4.69, 9.17) is 11.6 Å². The van der Waals surface area contributed by atoms with Crippen molar-refractivity contribution in [2.24, 2.45) is 0 Å². The van der Waals surface area contributed by atoms with Gasteiger partial charge in [-0.2, -0.15) is 0 Å². The van der Waals surface area contributed by atoms with Crippen LogP contribution in [0.3, 0.4) is 0 Å². The largest absolute Gasteiger partial charge is 0.468 e. The number of benzene rings is 1. The van der Waals surface area contributed by atoms with Crippen LogP contribution < -0.4 is 0 Å². The highest BCUT2D eigenvalue weighted by Gasteiger charge is 2.22. The molecule has 0 heterocycles. The number of hydrogen-bond donors (Lipinski definition) is 0. The van der Waals surface area contributed by atoms with E-state index in [9.17, 15) is 14.4 Å². The van der Waals surface area contributed by atoms with Gasteiger partial charge in [0.05, 0.1) is 19.2 Å². The van der Waals surface area contributed by atoms with Crippen molar-refractivity contribution in [1.29, 1.82) is 0 Å². The molecule has 1 amide bonds. The molecule has 0 atom stereocenters. The molecule has 0 aliphatic heterocycles. The summed E-state index contributed by atoms with van der Waals surface area (Å²) in [5, 5.41) is 0.344. The molecule has 1 aromatic carbocycles. The minimum Gasteiger partial charge on any atom is -0.468 e. The van der Waals surface area contributed by atoms with Gasteiger partial charge in [-0.25, -0.2) is 0 Å². The summed E-state index contributed by atoms with van der Waals surface area (Å²) in [5.41, 5.74) is 0.246. The molecule has 0 aromatic heterocycles. The molecule has 1 rings (SSSR count). The fourth-order valence-corrected chi connectivity index (χ4v) is 1.88. The minimum atomic E-state index is -0.643. The van der Waals surface area contributed by atoms with Crippen molar-refractivity contribution >= 4 is 45.4 Å². The van der Waals surface area contributed by atoms with Crippen LogP contribution in [0, 0.1) is 0 Å². The smallest absolute Gasteiger partial charge is 0.325 e. The Morgan fingerprint density at radius 1 is 1.14 bits per heavy atom. The van der Waals surface area contributed by atoms with Gasteiger partial charge in [0, 0.05) is 10.0 Å². The van der Waals surface area contributed by atoms with Gasteiger partial charge in [-0.15, -0.1) is 0 Å². The molecule has 114 valence electrons. The Morgan fingerprint density at radius 2 is 1.67 bits per heavy atom. The first-order valence-electron chi connectivity index (χ1n) is 5.77. The maximum Gasteiger partial charge on any atom is 0.325 e. The number of halogens is 2. The van der Waals surface area contributed by atoms with Crippen LogP contribution in [0.25, 0.3) is 0 Å². The average molecular weight is 379 g/mol. The predicted molar refractivity (Wildman–Crippen MR) is 79.1 cm³/mol. The van der Waals surface area contributed by atoms with Crippen molar-refractivity contribution < 1.29 is 23.9 Å². The van der Waals surface area contributed by atoms with Crippen LogP contribution in [-0.2, 0) is 19.1 Å². The highest BCUT2D eigenvalue weighted by atomic mass is 79.9. The Bertz CT molecular complexity index is 545. The fourth-order valence-electron chi connectivity index (χ4n) is 1.45. The molecule has 6 nitrogen and oxygen atoms in total. The maximum atomic E-state index is 12.3. The summed E-state index contributed by atoms with van der Waals surface area (Å²) in [6.07, 6.45) is 0. The molecule has 0 saturated heterocycles. The molecular formula is C13H13BrClNO5. The van der Waals surface area contributed by atoms with E-state index in [1.807, 2.05) is 0 Å². The first-order chi connectivity index (χ1) is 9.88. The normalized spacial score (nSPS) is 9.90. The van der Waals surface area contributed by atoms with Gasteiger partial charge < -0.3 is 14.4 Å². The Kier molecular flexibility index (Phi) is 6.64. The van der Waals surface area contributed by atoms with Crippen LogP contribution in [0.5, 0.6) is 0 Å². The zero-order valence-electron chi connectivity index (χ0n) is 11.4. The number of hydrogen-bond acceptors (Lipinski definition) is 5. The van der Waals surface area contributed by atoms with Gasteiger partial charge in [-0.3, -0.25) is 14.4 Å². The average Bonchev–Trinajstić information content (AvgIpc) is 2.48. The summed E-state index contributed by atoms with van der Waals surface area (Å²) < 4.78 is 9.65. The second kappa shape index (κ2) is 7.99. The van der Waals surface area contributed by atoms with Crippen molar-refractivity contribution in [3.8, 4) is 0 Å². The monoisotopic (exact) mass is 377 g/mol. The third-order valence-corrected chi connectivity index (χ3v) is 3.78. The van der Waals surface area contributed by atoms with Gasteiger partial charge >= 0.3 is 11.9 Å². The van der Waals surface area contributed by atoms with Crippen molar-refractivity contribution in [2.75, 3.05) is 27.3 Å². The van der Waals surface area contributed by atoms with E-state index in [1.165, 1.54) is 26.4 Å². The van der Waals surface area contributed by atoms with Gasteiger partial charge in [0.2, 0.25) is 0 Å². The third kappa shape index (κ3) is 5.02. The van der Waals surface area contributed by atoms with Crippen molar-refractivity contribution in [1.82, 2.24) is 4.90 Å². The standard InChI is InChI=1S/C13H13BrClNO5/c1-20-11(17)6-16(7-12(18)21-2)13(19)8-3-4-9(14)10(15)5-8/h3-5H,6-7H2,1-2H3. The molecule has 21 heavy (non-hydrogen) atoms. The SMILES string of the molecule is COC(=O)CN(CC(=O)OC)C(=O)c1ccc(Br)c(Cl)c1. The lowest BCUT2D eigenvalue weighted by atomic mass is 10.2. The van der Waals surface area contributed by atoms with Gasteiger partial charge in [0.25, 0.3) is 5.91 Å².